The van der Waals surface area contributed by atoms with Crippen LogP contribution in [0.1, 0.15) is 28.2 Å². The number of carbonyl (C=O) groups is 2. The highest BCUT2D eigenvalue weighted by Crippen LogP contribution is 2.48. The second-order valence-electron chi connectivity index (χ2n) is 6.38. The van der Waals surface area contributed by atoms with Crippen molar-refractivity contribution in [2.45, 2.75) is 23.6 Å². The lowest BCUT2D eigenvalue weighted by Gasteiger charge is -2.28. The fourth-order valence-corrected chi connectivity index (χ4v) is 3.64. The van der Waals surface area contributed by atoms with Gasteiger partial charge in [0.05, 0.1) is 5.92 Å². The summed E-state index contributed by atoms with van der Waals surface area (Å²) in [6.07, 6.45) is 0. The maximum absolute atomic E-state index is 10.7. The largest absolute Gasteiger partial charge is 0.482 e. The van der Waals surface area contributed by atoms with E-state index in [1.807, 2.05) is 13.8 Å². The minimum absolute atomic E-state index is 0.394. The third-order valence-corrected chi connectivity index (χ3v) is 4.81. The van der Waals surface area contributed by atoms with E-state index in [1.54, 1.807) is 36.4 Å². The molecule has 0 spiro atoms. The number of carboxylic acid groups (broad SMARTS) is 2. The number of carboxylic acids is 2. The van der Waals surface area contributed by atoms with Crippen LogP contribution in [0.2, 0.25) is 0 Å². The van der Waals surface area contributed by atoms with Crippen LogP contribution in [0.3, 0.4) is 0 Å². The Labute approximate surface area is 182 Å². The minimum Gasteiger partial charge on any atom is -0.482 e. The summed E-state index contributed by atoms with van der Waals surface area (Å²) in [7, 11) is 0. The van der Waals surface area contributed by atoms with Crippen LogP contribution in [-0.4, -0.2) is 39.2 Å². The summed E-state index contributed by atoms with van der Waals surface area (Å²) in [5.74, 6) is -2.00. The van der Waals surface area contributed by atoms with E-state index in [0.717, 1.165) is 22.3 Å². The number of aryl methyl sites for hydroxylation is 2. The molecule has 9 heteroatoms. The molecule has 0 atom stereocenters. The first-order valence-corrected chi connectivity index (χ1v) is 9.59. The van der Waals surface area contributed by atoms with Gasteiger partial charge in [-0.1, -0.05) is 46.9 Å². The second kappa shape index (κ2) is 9.57. The Morgan fingerprint density at radius 3 is 1.52 bits per heavy atom. The van der Waals surface area contributed by atoms with Gasteiger partial charge in [0, 0.05) is 0 Å². The zero-order chi connectivity index (χ0) is 21.8. The Bertz CT molecular complexity index is 840. The Balaban J connectivity index is 2.40. The lowest BCUT2D eigenvalue weighted by Crippen LogP contribution is -2.21. The highest BCUT2D eigenvalue weighted by Gasteiger charge is 2.37. The van der Waals surface area contributed by atoms with E-state index in [-0.39, 0.29) is 0 Å². The summed E-state index contributed by atoms with van der Waals surface area (Å²) in [6.45, 7) is 2.71. The summed E-state index contributed by atoms with van der Waals surface area (Å²) in [6, 6.07) is 10.1. The van der Waals surface area contributed by atoms with Crippen LogP contribution in [0.15, 0.2) is 36.4 Å². The molecule has 2 N–H and O–H groups in total. The molecule has 0 aliphatic rings. The van der Waals surface area contributed by atoms with Crippen molar-refractivity contribution in [3.05, 3.63) is 58.7 Å². The number of halogens is 3. The van der Waals surface area contributed by atoms with E-state index in [9.17, 15) is 9.59 Å². The number of hydrogen-bond donors (Lipinski definition) is 2. The summed E-state index contributed by atoms with van der Waals surface area (Å²) < 4.78 is 8.72. The van der Waals surface area contributed by atoms with Gasteiger partial charge in [-0.25, -0.2) is 9.59 Å². The number of rotatable bonds is 8. The maximum atomic E-state index is 10.7. The van der Waals surface area contributed by atoms with Crippen molar-refractivity contribution in [3.63, 3.8) is 0 Å². The predicted molar refractivity (Wildman–Crippen MR) is 111 cm³/mol. The number of ether oxygens (including phenoxy) is 2. The molecular formula is C20H19Cl3O6. The molecule has 0 saturated heterocycles. The van der Waals surface area contributed by atoms with Crippen molar-refractivity contribution >= 4 is 46.7 Å². The molecule has 6 nitrogen and oxygen atoms in total. The smallest absolute Gasteiger partial charge is 0.341 e. The van der Waals surface area contributed by atoms with Gasteiger partial charge < -0.3 is 19.7 Å². The van der Waals surface area contributed by atoms with Crippen molar-refractivity contribution in [2.24, 2.45) is 0 Å². The molecule has 0 amide bonds. The highest BCUT2D eigenvalue weighted by molar-refractivity contribution is 6.68. The Morgan fingerprint density at radius 2 is 1.24 bits per heavy atom. The average molecular weight is 462 g/mol. The van der Waals surface area contributed by atoms with Crippen LogP contribution in [0, 0.1) is 13.8 Å². The van der Waals surface area contributed by atoms with Gasteiger partial charge in [0.2, 0.25) is 3.79 Å². The van der Waals surface area contributed by atoms with Gasteiger partial charge in [-0.05, 0) is 60.4 Å². The van der Waals surface area contributed by atoms with Crippen molar-refractivity contribution < 1.29 is 29.3 Å². The number of alkyl halides is 3. The molecule has 0 aromatic heterocycles. The molecule has 2 rings (SSSR count). The molecule has 0 aliphatic carbocycles. The SMILES string of the molecule is Cc1cc(OCC(=O)O)ccc1C(c1ccc(OCC(=O)O)cc1C)C(Cl)(Cl)Cl. The molecule has 29 heavy (non-hydrogen) atoms. The maximum Gasteiger partial charge on any atom is 0.341 e. The molecule has 0 unspecified atom stereocenters. The number of hydrogen-bond acceptors (Lipinski definition) is 4. The first kappa shape index (κ1) is 23.1. The predicted octanol–water partition coefficient (Wildman–Crippen LogP) is 4.73. The normalized spacial score (nSPS) is 11.4. The van der Waals surface area contributed by atoms with Gasteiger partial charge in [0.1, 0.15) is 11.5 Å². The monoisotopic (exact) mass is 460 g/mol. The fraction of sp³-hybridized carbons (Fsp3) is 0.300. The van der Waals surface area contributed by atoms with Crippen molar-refractivity contribution in [3.8, 4) is 11.5 Å². The zero-order valence-corrected chi connectivity index (χ0v) is 17.9. The highest BCUT2D eigenvalue weighted by atomic mass is 35.6. The molecule has 156 valence electrons. The molecule has 0 heterocycles. The van der Waals surface area contributed by atoms with Crippen molar-refractivity contribution in [2.75, 3.05) is 13.2 Å². The summed E-state index contributed by atoms with van der Waals surface area (Å²) in [5.41, 5.74) is 2.98. The lowest BCUT2D eigenvalue weighted by atomic mass is 9.87. The van der Waals surface area contributed by atoms with E-state index in [1.165, 1.54) is 0 Å². The van der Waals surface area contributed by atoms with Gasteiger partial charge in [0.15, 0.2) is 13.2 Å². The third kappa shape index (κ3) is 6.42. The third-order valence-electron chi connectivity index (χ3n) is 4.16. The van der Waals surface area contributed by atoms with E-state index in [4.69, 9.17) is 54.5 Å². The Morgan fingerprint density at radius 1 is 0.862 bits per heavy atom. The van der Waals surface area contributed by atoms with Crippen LogP contribution >= 0.6 is 34.8 Å². The lowest BCUT2D eigenvalue weighted by molar-refractivity contribution is -0.140. The van der Waals surface area contributed by atoms with Crippen molar-refractivity contribution in [1.29, 1.82) is 0 Å². The quantitative estimate of drug-likeness (QED) is 0.552. The van der Waals surface area contributed by atoms with Crippen LogP contribution in [0.5, 0.6) is 11.5 Å². The van der Waals surface area contributed by atoms with Crippen LogP contribution in [0.25, 0.3) is 0 Å². The molecule has 0 aliphatic heterocycles. The van der Waals surface area contributed by atoms with Crippen LogP contribution < -0.4 is 9.47 Å². The topological polar surface area (TPSA) is 93.1 Å². The molecule has 2 aromatic rings. The molecular weight excluding hydrogens is 443 g/mol. The van der Waals surface area contributed by atoms with Gasteiger partial charge in [-0.15, -0.1) is 0 Å². The Hall–Kier alpha value is -2.15. The number of aliphatic carboxylic acids is 2. The molecule has 0 saturated carbocycles. The Kier molecular flexibility index (Phi) is 7.63. The first-order valence-electron chi connectivity index (χ1n) is 8.46. The molecule has 0 bridgehead atoms. The second-order valence-corrected chi connectivity index (χ2v) is 8.75. The van der Waals surface area contributed by atoms with Gasteiger partial charge in [0.25, 0.3) is 0 Å². The van der Waals surface area contributed by atoms with Crippen LogP contribution in [-0.2, 0) is 9.59 Å². The molecule has 2 aromatic carbocycles. The molecule has 0 radical (unpaired) electrons. The van der Waals surface area contributed by atoms with E-state index in [2.05, 4.69) is 0 Å². The van der Waals surface area contributed by atoms with Gasteiger partial charge in [-0.3, -0.25) is 0 Å². The molecule has 0 fully saturated rings. The minimum atomic E-state index is -1.68. The van der Waals surface area contributed by atoms with Crippen LogP contribution in [0.4, 0.5) is 0 Å². The standard InChI is InChI=1S/C20H19Cl3O6/c1-11-7-13(28-9-17(24)25)3-5-15(11)19(20(21,22)23)16-6-4-14(8-12(16)2)29-10-18(26)27/h3-8,19H,9-10H2,1-2H3,(H,24,25)(H,26,27). The summed E-state index contributed by atoms with van der Waals surface area (Å²) in [4.78, 5) is 21.4. The fourth-order valence-electron chi connectivity index (χ4n) is 2.93. The first-order chi connectivity index (χ1) is 13.5. The van der Waals surface area contributed by atoms with E-state index in [0.29, 0.717) is 11.5 Å². The average Bonchev–Trinajstić information content (AvgIpc) is 2.60. The summed E-state index contributed by atoms with van der Waals surface area (Å²) >= 11 is 18.9. The van der Waals surface area contributed by atoms with E-state index >= 15 is 0 Å². The number of benzene rings is 2. The van der Waals surface area contributed by atoms with Gasteiger partial charge in [-0.2, -0.15) is 0 Å². The van der Waals surface area contributed by atoms with E-state index < -0.39 is 34.9 Å². The van der Waals surface area contributed by atoms with Gasteiger partial charge >= 0.3 is 11.9 Å². The summed E-state index contributed by atoms with van der Waals surface area (Å²) in [5, 5.41) is 17.5. The van der Waals surface area contributed by atoms with Crippen molar-refractivity contribution in [1.82, 2.24) is 0 Å². The zero-order valence-electron chi connectivity index (χ0n) is 15.6.